The minimum absolute atomic E-state index is 0.273. The van der Waals surface area contributed by atoms with Crippen LogP contribution in [0, 0.1) is 12.2 Å². The summed E-state index contributed by atoms with van der Waals surface area (Å²) in [6.45, 7) is 0.418. The normalized spacial score (nSPS) is 9.86. The summed E-state index contributed by atoms with van der Waals surface area (Å²) in [5.41, 5.74) is 5.89. The Morgan fingerprint density at radius 1 is 1.50 bits per heavy atom. The Hall–Kier alpha value is -1.58. The average Bonchev–Trinajstić information content (AvgIpc) is 2.16. The first-order valence-electron chi connectivity index (χ1n) is 4.19. The Labute approximate surface area is 82.3 Å². The van der Waals surface area contributed by atoms with Gasteiger partial charge in [-0.2, -0.15) is 0 Å². The van der Waals surface area contributed by atoms with Crippen molar-refractivity contribution >= 4 is 6.03 Å². The zero-order chi connectivity index (χ0) is 10.6. The number of nitrogens with two attached hydrogens (primary N) is 1. The van der Waals surface area contributed by atoms with Crippen molar-refractivity contribution in [2.45, 2.75) is 0 Å². The number of hydrogen-bond acceptors (Lipinski definition) is 1. The molecule has 1 rings (SSSR count). The van der Waals surface area contributed by atoms with E-state index in [-0.39, 0.29) is 5.82 Å². The van der Waals surface area contributed by atoms with Crippen LogP contribution in [0.5, 0.6) is 0 Å². The predicted octanol–water partition coefficient (Wildman–Crippen LogP) is 1.39. The number of likely N-dealkylation sites (N-methyl/N-ethyl adjacent to an activating group) is 1. The number of primary amides is 1. The van der Waals surface area contributed by atoms with E-state index in [1.165, 1.54) is 17.0 Å². The van der Waals surface area contributed by atoms with Crippen LogP contribution in [-0.2, 0) is 0 Å². The molecule has 0 aliphatic carbocycles. The molecule has 0 spiro atoms. The molecule has 0 heterocycles. The minimum Gasteiger partial charge on any atom is -0.351 e. The molecule has 0 fully saturated rings. The zero-order valence-electron chi connectivity index (χ0n) is 7.90. The quantitative estimate of drug-likeness (QED) is 0.778. The van der Waals surface area contributed by atoms with Crippen LogP contribution in [0.15, 0.2) is 24.3 Å². The highest BCUT2D eigenvalue weighted by molar-refractivity contribution is 5.71. The second-order valence-corrected chi connectivity index (χ2v) is 2.97. The van der Waals surface area contributed by atoms with Crippen molar-refractivity contribution in [3.63, 3.8) is 0 Å². The number of benzene rings is 1. The molecule has 0 aliphatic rings. The highest BCUT2D eigenvalue weighted by atomic mass is 19.1. The van der Waals surface area contributed by atoms with E-state index in [1.807, 2.05) is 0 Å². The standard InChI is InChI=1S/C10H12FN2O/c1-13(10(12)14)7-6-8-2-4-9(11)5-3-8/h2-6H,7H2,1H3,(H2,12,14). The summed E-state index contributed by atoms with van der Waals surface area (Å²) in [4.78, 5) is 12.0. The zero-order valence-corrected chi connectivity index (χ0v) is 7.90. The van der Waals surface area contributed by atoms with E-state index >= 15 is 0 Å². The second-order valence-electron chi connectivity index (χ2n) is 2.97. The van der Waals surface area contributed by atoms with Gasteiger partial charge in [0.05, 0.1) is 0 Å². The molecule has 1 aromatic carbocycles. The van der Waals surface area contributed by atoms with Crippen LogP contribution in [0.2, 0.25) is 0 Å². The molecule has 0 atom stereocenters. The van der Waals surface area contributed by atoms with Crippen molar-refractivity contribution in [1.82, 2.24) is 4.90 Å². The van der Waals surface area contributed by atoms with E-state index in [1.54, 1.807) is 25.6 Å². The van der Waals surface area contributed by atoms with Gasteiger partial charge in [-0.1, -0.05) is 12.1 Å². The van der Waals surface area contributed by atoms with Crippen LogP contribution in [0.4, 0.5) is 9.18 Å². The summed E-state index contributed by atoms with van der Waals surface area (Å²) in [6, 6.07) is 5.55. The first kappa shape index (κ1) is 10.5. The number of rotatable bonds is 3. The lowest BCUT2D eigenvalue weighted by molar-refractivity contribution is 0.222. The molecule has 75 valence electrons. The van der Waals surface area contributed by atoms with Crippen LogP contribution in [-0.4, -0.2) is 24.5 Å². The molecule has 0 aliphatic heterocycles. The molecule has 0 saturated heterocycles. The van der Waals surface area contributed by atoms with Gasteiger partial charge in [0.1, 0.15) is 5.82 Å². The largest absolute Gasteiger partial charge is 0.351 e. The highest BCUT2D eigenvalue weighted by Crippen LogP contribution is 2.05. The molecule has 2 amide bonds. The Kier molecular flexibility index (Phi) is 3.45. The van der Waals surface area contributed by atoms with Gasteiger partial charge in [-0.15, -0.1) is 0 Å². The van der Waals surface area contributed by atoms with Gasteiger partial charge in [-0.25, -0.2) is 9.18 Å². The smallest absolute Gasteiger partial charge is 0.314 e. The summed E-state index contributed by atoms with van der Waals surface area (Å²) in [7, 11) is 1.60. The molecular weight excluding hydrogens is 183 g/mol. The van der Waals surface area contributed by atoms with Gasteiger partial charge in [-0.3, -0.25) is 0 Å². The Balaban J connectivity index is 2.46. The number of nitrogens with zero attached hydrogens (tertiary/aromatic N) is 1. The molecule has 0 saturated carbocycles. The van der Waals surface area contributed by atoms with Gasteiger partial charge in [0.2, 0.25) is 0 Å². The third-order valence-corrected chi connectivity index (χ3v) is 1.85. The van der Waals surface area contributed by atoms with Gasteiger partial charge >= 0.3 is 6.03 Å². The van der Waals surface area contributed by atoms with Crippen LogP contribution in [0.3, 0.4) is 0 Å². The summed E-state index contributed by atoms with van der Waals surface area (Å²) < 4.78 is 12.5. The van der Waals surface area contributed by atoms with Gasteiger partial charge in [0.25, 0.3) is 0 Å². The van der Waals surface area contributed by atoms with Crippen molar-refractivity contribution in [3.05, 3.63) is 42.1 Å². The minimum atomic E-state index is -0.483. The predicted molar refractivity (Wildman–Crippen MR) is 52.0 cm³/mol. The van der Waals surface area contributed by atoms with E-state index in [2.05, 4.69) is 0 Å². The first-order valence-corrected chi connectivity index (χ1v) is 4.19. The van der Waals surface area contributed by atoms with Crippen molar-refractivity contribution in [2.75, 3.05) is 13.6 Å². The highest BCUT2D eigenvalue weighted by Gasteiger charge is 2.02. The van der Waals surface area contributed by atoms with Crippen molar-refractivity contribution in [2.24, 2.45) is 5.73 Å². The summed E-state index contributed by atoms with van der Waals surface area (Å²) in [5, 5.41) is 0. The fourth-order valence-corrected chi connectivity index (χ4v) is 0.931. The summed E-state index contributed by atoms with van der Waals surface area (Å²) in [5.74, 6) is -0.273. The van der Waals surface area contributed by atoms with Crippen LogP contribution in [0.1, 0.15) is 5.56 Å². The SMILES string of the molecule is CN(C[CH]c1ccc(F)cc1)C(N)=O. The topological polar surface area (TPSA) is 46.3 Å². The van der Waals surface area contributed by atoms with Gasteiger partial charge in [0, 0.05) is 20.0 Å². The Morgan fingerprint density at radius 3 is 2.57 bits per heavy atom. The van der Waals surface area contributed by atoms with E-state index in [0.29, 0.717) is 6.54 Å². The van der Waals surface area contributed by atoms with E-state index in [9.17, 15) is 9.18 Å². The van der Waals surface area contributed by atoms with Gasteiger partial charge < -0.3 is 10.6 Å². The fraction of sp³-hybridized carbons (Fsp3) is 0.200. The number of halogens is 1. The van der Waals surface area contributed by atoms with E-state index in [0.717, 1.165) is 5.56 Å². The van der Waals surface area contributed by atoms with Crippen LogP contribution in [0.25, 0.3) is 0 Å². The number of urea groups is 1. The number of amides is 2. The van der Waals surface area contributed by atoms with E-state index in [4.69, 9.17) is 5.73 Å². The molecule has 0 aromatic heterocycles. The number of hydrogen-bond donors (Lipinski definition) is 1. The lowest BCUT2D eigenvalue weighted by Crippen LogP contribution is -2.32. The monoisotopic (exact) mass is 195 g/mol. The number of carbonyl (C=O) groups excluding carboxylic acids is 1. The Bertz CT molecular complexity index is 310. The number of carbonyl (C=O) groups is 1. The van der Waals surface area contributed by atoms with Gasteiger partial charge in [-0.05, 0) is 17.7 Å². The van der Waals surface area contributed by atoms with Crippen molar-refractivity contribution in [1.29, 1.82) is 0 Å². The fourth-order valence-electron chi connectivity index (χ4n) is 0.931. The first-order chi connectivity index (χ1) is 6.59. The lowest BCUT2D eigenvalue weighted by atomic mass is 10.1. The summed E-state index contributed by atoms with van der Waals surface area (Å²) >= 11 is 0. The third kappa shape index (κ3) is 3.05. The average molecular weight is 195 g/mol. The molecule has 0 bridgehead atoms. The molecule has 1 aromatic rings. The molecule has 1 radical (unpaired) electrons. The molecular formula is C10H12FN2O. The second kappa shape index (κ2) is 4.60. The van der Waals surface area contributed by atoms with Crippen LogP contribution >= 0.6 is 0 Å². The third-order valence-electron chi connectivity index (χ3n) is 1.85. The summed E-state index contributed by atoms with van der Waals surface area (Å²) in [6.07, 6.45) is 1.80. The van der Waals surface area contributed by atoms with Crippen molar-refractivity contribution in [3.8, 4) is 0 Å². The molecule has 14 heavy (non-hydrogen) atoms. The van der Waals surface area contributed by atoms with Crippen LogP contribution < -0.4 is 5.73 Å². The lowest BCUT2D eigenvalue weighted by Gasteiger charge is -2.13. The molecule has 3 nitrogen and oxygen atoms in total. The molecule has 4 heteroatoms. The molecule has 2 N–H and O–H groups in total. The Morgan fingerprint density at radius 2 is 2.07 bits per heavy atom. The van der Waals surface area contributed by atoms with Crippen molar-refractivity contribution < 1.29 is 9.18 Å². The van der Waals surface area contributed by atoms with Gasteiger partial charge in [0.15, 0.2) is 0 Å². The maximum atomic E-state index is 12.5. The maximum absolute atomic E-state index is 12.5. The maximum Gasteiger partial charge on any atom is 0.314 e. The molecule has 0 unspecified atom stereocenters. The van der Waals surface area contributed by atoms with E-state index < -0.39 is 6.03 Å².